The van der Waals surface area contributed by atoms with Crippen molar-refractivity contribution in [3.8, 4) is 22.6 Å². The summed E-state index contributed by atoms with van der Waals surface area (Å²) in [5.41, 5.74) is 6.45. The van der Waals surface area contributed by atoms with Gasteiger partial charge in [0.1, 0.15) is 0 Å². The number of fused-ring (bicyclic) bond motifs is 4. The van der Waals surface area contributed by atoms with Gasteiger partial charge < -0.3 is 9.31 Å². The van der Waals surface area contributed by atoms with E-state index < -0.39 is 18.3 Å². The topological polar surface area (TPSA) is 57.1 Å². The summed E-state index contributed by atoms with van der Waals surface area (Å²) >= 11 is 0. The molecule has 4 heterocycles. The average molecular weight is 509 g/mol. The second-order valence-electron chi connectivity index (χ2n) is 11.2. The fourth-order valence-corrected chi connectivity index (χ4v) is 5.08. The third-order valence-electron chi connectivity index (χ3n) is 8.09. The minimum Gasteiger partial charge on any atom is -0.399 e. The van der Waals surface area contributed by atoms with Crippen LogP contribution in [-0.4, -0.2) is 33.3 Å². The number of rotatable bonds is 3. The van der Waals surface area contributed by atoms with Crippen LogP contribution in [-0.2, 0) is 9.31 Å². The molecule has 1 saturated heterocycles. The van der Waals surface area contributed by atoms with E-state index in [1.54, 1.807) is 0 Å². The summed E-state index contributed by atoms with van der Waals surface area (Å²) in [7, 11) is -0.431. The lowest BCUT2D eigenvalue weighted by Gasteiger charge is -2.32. The van der Waals surface area contributed by atoms with Gasteiger partial charge in [-0.05, 0) is 57.4 Å². The highest BCUT2D eigenvalue weighted by molar-refractivity contribution is 6.62. The minimum atomic E-state index is -0.431. The molecule has 0 amide bonds. The maximum absolute atomic E-state index is 6.28. The van der Waals surface area contributed by atoms with Crippen molar-refractivity contribution in [2.45, 2.75) is 38.9 Å². The fraction of sp³-hybridized carbons (Fsp3) is 0.182. The fourth-order valence-electron chi connectivity index (χ4n) is 5.08. The Bertz CT molecular complexity index is 1870. The molecular formula is C33H28BN3O2. The zero-order chi connectivity index (χ0) is 26.8. The lowest BCUT2D eigenvalue weighted by atomic mass is 9.78. The van der Waals surface area contributed by atoms with Crippen molar-refractivity contribution in [3.05, 3.63) is 97.1 Å². The Hall–Kier alpha value is -4.13. The zero-order valence-corrected chi connectivity index (χ0v) is 22.5. The maximum atomic E-state index is 6.28. The summed E-state index contributed by atoms with van der Waals surface area (Å²) in [5.74, 6) is 0. The molecule has 1 aliphatic heterocycles. The van der Waals surface area contributed by atoms with Crippen molar-refractivity contribution in [3.63, 3.8) is 0 Å². The van der Waals surface area contributed by atoms with Crippen molar-refractivity contribution < 1.29 is 9.31 Å². The van der Waals surface area contributed by atoms with Crippen LogP contribution in [0.15, 0.2) is 97.1 Å². The summed E-state index contributed by atoms with van der Waals surface area (Å²) in [4.78, 5) is 15.1. The van der Waals surface area contributed by atoms with E-state index in [9.17, 15) is 0 Å². The Kier molecular flexibility index (Phi) is 5.34. The zero-order valence-electron chi connectivity index (χ0n) is 22.5. The second-order valence-corrected chi connectivity index (χ2v) is 11.2. The van der Waals surface area contributed by atoms with Crippen molar-refractivity contribution in [1.82, 2.24) is 15.0 Å². The summed E-state index contributed by atoms with van der Waals surface area (Å²) in [5, 5.41) is 3.16. The monoisotopic (exact) mass is 509 g/mol. The van der Waals surface area contributed by atoms with Crippen LogP contribution < -0.4 is 5.46 Å². The first kappa shape index (κ1) is 24.0. The van der Waals surface area contributed by atoms with Crippen molar-refractivity contribution in [1.29, 1.82) is 0 Å². The molecule has 0 unspecified atom stereocenters. The molecular weight excluding hydrogens is 481 g/mol. The molecule has 1 aliphatic rings. The third-order valence-corrected chi connectivity index (χ3v) is 8.09. The highest BCUT2D eigenvalue weighted by Gasteiger charge is 2.51. The SMILES string of the molecule is CC1(C)OB(c2ccc3ccc(-c4ccc5ccc6ccc(-c7ccccc7)nc6c5n4)nc3c2)OC1(C)C. The largest absolute Gasteiger partial charge is 0.494 e. The summed E-state index contributed by atoms with van der Waals surface area (Å²) in [6, 6.07) is 33.1. The lowest BCUT2D eigenvalue weighted by Crippen LogP contribution is -2.41. The molecule has 1 fully saturated rings. The quantitative estimate of drug-likeness (QED) is 0.191. The highest BCUT2D eigenvalue weighted by Crippen LogP contribution is 2.36. The van der Waals surface area contributed by atoms with Crippen LogP contribution in [0.2, 0.25) is 0 Å². The van der Waals surface area contributed by atoms with E-state index in [-0.39, 0.29) is 0 Å². The van der Waals surface area contributed by atoms with Gasteiger partial charge in [-0.25, -0.2) is 15.0 Å². The third kappa shape index (κ3) is 4.08. The van der Waals surface area contributed by atoms with Crippen LogP contribution >= 0.6 is 0 Å². The van der Waals surface area contributed by atoms with Gasteiger partial charge in [-0.1, -0.05) is 72.8 Å². The van der Waals surface area contributed by atoms with E-state index in [1.807, 2.05) is 30.3 Å². The van der Waals surface area contributed by atoms with E-state index in [4.69, 9.17) is 24.3 Å². The number of hydrogen-bond donors (Lipinski definition) is 0. The van der Waals surface area contributed by atoms with Crippen LogP contribution in [0, 0.1) is 0 Å². The minimum absolute atomic E-state index is 0.395. The van der Waals surface area contributed by atoms with Gasteiger partial charge in [0.2, 0.25) is 0 Å². The van der Waals surface area contributed by atoms with Crippen LogP contribution in [0.1, 0.15) is 27.7 Å². The Morgan fingerprint density at radius 2 is 1.05 bits per heavy atom. The van der Waals surface area contributed by atoms with Crippen LogP contribution in [0.5, 0.6) is 0 Å². The van der Waals surface area contributed by atoms with Gasteiger partial charge in [0.05, 0.1) is 44.8 Å². The van der Waals surface area contributed by atoms with Gasteiger partial charge in [-0.15, -0.1) is 0 Å². The van der Waals surface area contributed by atoms with Gasteiger partial charge in [-0.2, -0.15) is 0 Å². The highest BCUT2D eigenvalue weighted by atomic mass is 16.7. The van der Waals surface area contributed by atoms with Gasteiger partial charge in [0, 0.05) is 21.7 Å². The Morgan fingerprint density at radius 1 is 0.538 bits per heavy atom. The van der Waals surface area contributed by atoms with Crippen molar-refractivity contribution in [2.24, 2.45) is 0 Å². The van der Waals surface area contributed by atoms with Gasteiger partial charge in [0.15, 0.2) is 0 Å². The summed E-state index contributed by atoms with van der Waals surface area (Å²) in [6.45, 7) is 8.27. The van der Waals surface area contributed by atoms with E-state index in [2.05, 4.69) is 94.4 Å². The Morgan fingerprint density at radius 3 is 1.72 bits per heavy atom. The Balaban J connectivity index is 1.31. The van der Waals surface area contributed by atoms with Crippen molar-refractivity contribution >= 4 is 45.3 Å². The second kappa shape index (κ2) is 8.70. The van der Waals surface area contributed by atoms with E-state index in [0.717, 1.165) is 60.8 Å². The summed E-state index contributed by atoms with van der Waals surface area (Å²) < 4.78 is 12.6. The number of aromatic nitrogens is 3. The molecule has 0 bridgehead atoms. The van der Waals surface area contributed by atoms with Crippen LogP contribution in [0.4, 0.5) is 0 Å². The predicted octanol–water partition coefficient (Wildman–Crippen LogP) is 6.96. The van der Waals surface area contributed by atoms with Gasteiger partial charge >= 0.3 is 7.12 Å². The molecule has 0 atom stereocenters. The smallest absolute Gasteiger partial charge is 0.399 e. The summed E-state index contributed by atoms with van der Waals surface area (Å²) in [6.07, 6.45) is 0. The van der Waals surface area contributed by atoms with Gasteiger partial charge in [-0.3, -0.25) is 0 Å². The molecule has 6 heteroatoms. The van der Waals surface area contributed by atoms with Gasteiger partial charge in [0.25, 0.3) is 0 Å². The normalized spacial score (nSPS) is 16.4. The first-order chi connectivity index (χ1) is 18.8. The molecule has 0 saturated carbocycles. The molecule has 0 N–H and O–H groups in total. The molecule has 3 aromatic heterocycles. The number of pyridine rings is 3. The molecule has 0 spiro atoms. The van der Waals surface area contributed by atoms with Crippen LogP contribution in [0.25, 0.3) is 55.4 Å². The molecule has 39 heavy (non-hydrogen) atoms. The molecule has 7 rings (SSSR count). The average Bonchev–Trinajstić information content (AvgIpc) is 3.18. The molecule has 190 valence electrons. The predicted molar refractivity (Wildman–Crippen MR) is 159 cm³/mol. The molecule has 0 aliphatic carbocycles. The van der Waals surface area contributed by atoms with E-state index in [0.29, 0.717) is 0 Å². The Labute approximate surface area is 228 Å². The standard InChI is InChI=1S/C33H28BN3O2/c1-32(2)33(3,4)39-34(38-32)25-16-12-22-13-18-27(35-29(22)20-25)28-19-15-24-11-10-23-14-17-26(21-8-6-5-7-9-21)36-30(23)31(24)37-28/h5-20H,1-4H3. The van der Waals surface area contributed by atoms with Crippen LogP contribution in [0.3, 0.4) is 0 Å². The first-order valence-electron chi connectivity index (χ1n) is 13.3. The maximum Gasteiger partial charge on any atom is 0.494 e. The molecule has 0 radical (unpaired) electrons. The number of benzene rings is 3. The first-order valence-corrected chi connectivity index (χ1v) is 13.3. The lowest BCUT2D eigenvalue weighted by molar-refractivity contribution is 0.00578. The number of hydrogen-bond acceptors (Lipinski definition) is 5. The molecule has 6 aromatic rings. The van der Waals surface area contributed by atoms with Crippen molar-refractivity contribution in [2.75, 3.05) is 0 Å². The molecule has 3 aromatic carbocycles. The number of nitrogens with zero attached hydrogens (tertiary/aromatic N) is 3. The molecule has 5 nitrogen and oxygen atoms in total. The van der Waals surface area contributed by atoms with E-state index in [1.165, 1.54) is 0 Å². The van der Waals surface area contributed by atoms with E-state index >= 15 is 0 Å².